The molecule has 2 rings (SSSR count). The van der Waals surface area contributed by atoms with E-state index >= 15 is 0 Å². The molecule has 0 aliphatic rings. The maximum atomic E-state index is 12.2. The lowest BCUT2D eigenvalue weighted by Crippen LogP contribution is -2.33. The van der Waals surface area contributed by atoms with E-state index in [1.54, 1.807) is 31.4 Å². The van der Waals surface area contributed by atoms with E-state index in [0.29, 0.717) is 17.9 Å². The van der Waals surface area contributed by atoms with Crippen molar-refractivity contribution in [2.75, 3.05) is 13.7 Å². The van der Waals surface area contributed by atoms with E-state index in [0.717, 1.165) is 5.56 Å². The van der Waals surface area contributed by atoms with E-state index in [9.17, 15) is 4.79 Å². The number of amides is 1. The molecule has 2 aromatic carbocycles. The van der Waals surface area contributed by atoms with Gasteiger partial charge in [0.25, 0.3) is 5.91 Å². The Labute approximate surface area is 118 Å². The van der Waals surface area contributed by atoms with Crippen LogP contribution in [0, 0.1) is 0 Å². The Kier molecular flexibility index (Phi) is 4.74. The second-order valence-electron chi connectivity index (χ2n) is 4.40. The minimum absolute atomic E-state index is 0.164. The van der Waals surface area contributed by atoms with Crippen molar-refractivity contribution in [3.63, 3.8) is 0 Å². The van der Waals surface area contributed by atoms with E-state index in [4.69, 9.17) is 10.5 Å². The Bertz CT molecular complexity index is 570. The van der Waals surface area contributed by atoms with E-state index in [1.807, 2.05) is 30.3 Å². The minimum Gasteiger partial charge on any atom is -0.497 e. The van der Waals surface area contributed by atoms with Gasteiger partial charge in [-0.3, -0.25) is 4.79 Å². The fourth-order valence-electron chi connectivity index (χ4n) is 1.97. The summed E-state index contributed by atoms with van der Waals surface area (Å²) in [5.41, 5.74) is 7.29. The molecule has 0 saturated carbocycles. The van der Waals surface area contributed by atoms with Crippen LogP contribution in [0.5, 0.6) is 5.75 Å². The maximum Gasteiger partial charge on any atom is 0.251 e. The molecule has 0 radical (unpaired) electrons. The first-order chi connectivity index (χ1) is 9.74. The fraction of sp³-hybridized carbons (Fsp3) is 0.188. The average molecular weight is 270 g/mol. The summed E-state index contributed by atoms with van der Waals surface area (Å²) in [6.45, 7) is 0.347. The number of rotatable bonds is 5. The van der Waals surface area contributed by atoms with Crippen molar-refractivity contribution in [3.05, 3.63) is 65.7 Å². The first-order valence-corrected chi connectivity index (χ1v) is 6.44. The Morgan fingerprint density at radius 3 is 2.60 bits per heavy atom. The monoisotopic (exact) mass is 270 g/mol. The number of nitrogens with two attached hydrogens (primary N) is 1. The summed E-state index contributed by atoms with van der Waals surface area (Å²) < 4.78 is 5.12. The van der Waals surface area contributed by atoms with E-state index < -0.39 is 0 Å². The summed E-state index contributed by atoms with van der Waals surface area (Å²) in [4.78, 5) is 12.2. The van der Waals surface area contributed by atoms with Crippen molar-refractivity contribution in [2.24, 2.45) is 5.73 Å². The first-order valence-electron chi connectivity index (χ1n) is 6.44. The van der Waals surface area contributed by atoms with Crippen LogP contribution in [-0.2, 0) is 0 Å². The molecule has 0 aromatic heterocycles. The van der Waals surface area contributed by atoms with Crippen LogP contribution in [0.2, 0.25) is 0 Å². The molecule has 20 heavy (non-hydrogen) atoms. The van der Waals surface area contributed by atoms with Gasteiger partial charge in [0.2, 0.25) is 0 Å². The third kappa shape index (κ3) is 3.36. The Hall–Kier alpha value is -2.33. The summed E-state index contributed by atoms with van der Waals surface area (Å²) in [5.74, 6) is 0.491. The third-order valence-electron chi connectivity index (χ3n) is 3.07. The molecule has 0 fully saturated rings. The zero-order valence-electron chi connectivity index (χ0n) is 11.4. The molecule has 2 aromatic rings. The molecular formula is C16H18N2O2. The van der Waals surface area contributed by atoms with Crippen molar-refractivity contribution in [2.45, 2.75) is 6.04 Å². The predicted molar refractivity (Wildman–Crippen MR) is 78.7 cm³/mol. The number of hydrogen-bond donors (Lipinski definition) is 2. The molecule has 1 unspecified atom stereocenters. The van der Waals surface area contributed by atoms with Crippen molar-refractivity contribution in [1.29, 1.82) is 0 Å². The fourth-order valence-corrected chi connectivity index (χ4v) is 1.97. The molecule has 0 bridgehead atoms. The number of ether oxygens (including phenoxy) is 1. The number of carbonyl (C=O) groups is 1. The molecule has 0 saturated heterocycles. The molecule has 4 nitrogen and oxygen atoms in total. The van der Waals surface area contributed by atoms with E-state index in [2.05, 4.69) is 5.32 Å². The molecule has 0 heterocycles. The number of benzene rings is 2. The highest BCUT2D eigenvalue weighted by molar-refractivity contribution is 5.94. The number of carbonyl (C=O) groups excluding carboxylic acids is 1. The molecular weight excluding hydrogens is 252 g/mol. The van der Waals surface area contributed by atoms with Crippen LogP contribution < -0.4 is 15.8 Å². The lowest BCUT2D eigenvalue weighted by Gasteiger charge is -2.17. The summed E-state index contributed by atoms with van der Waals surface area (Å²) in [5, 5.41) is 2.93. The molecule has 0 aliphatic carbocycles. The van der Waals surface area contributed by atoms with Gasteiger partial charge in [-0.15, -0.1) is 0 Å². The summed E-state index contributed by atoms with van der Waals surface area (Å²) in [6, 6.07) is 16.5. The standard InChI is InChI=1S/C16H18N2O2/c1-20-14-9-5-8-13(10-14)16(19)18-15(11-17)12-6-3-2-4-7-12/h2-10,15H,11,17H2,1H3,(H,18,19). The van der Waals surface area contributed by atoms with Crippen LogP contribution in [0.1, 0.15) is 22.0 Å². The van der Waals surface area contributed by atoms with E-state index in [1.165, 1.54) is 0 Å². The summed E-state index contributed by atoms with van der Waals surface area (Å²) in [7, 11) is 1.57. The number of methoxy groups -OCH3 is 1. The zero-order chi connectivity index (χ0) is 14.4. The molecule has 3 N–H and O–H groups in total. The van der Waals surface area contributed by atoms with Gasteiger partial charge in [0.15, 0.2) is 0 Å². The molecule has 4 heteroatoms. The second-order valence-corrected chi connectivity index (χ2v) is 4.40. The maximum absolute atomic E-state index is 12.2. The predicted octanol–water partition coefficient (Wildman–Crippen LogP) is 2.12. The quantitative estimate of drug-likeness (QED) is 0.874. The SMILES string of the molecule is COc1cccc(C(=O)NC(CN)c2ccccc2)c1. The van der Waals surface area contributed by atoms with Gasteiger partial charge >= 0.3 is 0 Å². The number of nitrogens with one attached hydrogen (secondary N) is 1. The minimum atomic E-state index is -0.199. The largest absolute Gasteiger partial charge is 0.497 e. The zero-order valence-corrected chi connectivity index (χ0v) is 11.4. The molecule has 104 valence electrons. The topological polar surface area (TPSA) is 64.3 Å². The van der Waals surface area contributed by atoms with Gasteiger partial charge in [0, 0.05) is 12.1 Å². The number of hydrogen-bond acceptors (Lipinski definition) is 3. The van der Waals surface area contributed by atoms with Gasteiger partial charge in [-0.1, -0.05) is 36.4 Å². The van der Waals surface area contributed by atoms with Crippen molar-refractivity contribution in [3.8, 4) is 5.75 Å². The highest BCUT2D eigenvalue weighted by Gasteiger charge is 2.14. The summed E-state index contributed by atoms with van der Waals surface area (Å²) >= 11 is 0. The highest BCUT2D eigenvalue weighted by Crippen LogP contribution is 2.15. The Morgan fingerprint density at radius 2 is 1.95 bits per heavy atom. The second kappa shape index (κ2) is 6.73. The normalized spacial score (nSPS) is 11.7. The van der Waals surface area contributed by atoms with Crippen molar-refractivity contribution < 1.29 is 9.53 Å². The summed E-state index contributed by atoms with van der Waals surface area (Å²) in [6.07, 6.45) is 0. The Balaban J connectivity index is 2.13. The van der Waals surface area contributed by atoms with Crippen LogP contribution in [0.15, 0.2) is 54.6 Å². The van der Waals surface area contributed by atoms with Gasteiger partial charge in [-0.25, -0.2) is 0 Å². The van der Waals surface area contributed by atoms with Crippen LogP contribution in [0.25, 0.3) is 0 Å². The van der Waals surface area contributed by atoms with Crippen LogP contribution >= 0.6 is 0 Å². The van der Waals surface area contributed by atoms with Gasteiger partial charge in [-0.05, 0) is 23.8 Å². The van der Waals surface area contributed by atoms with Gasteiger partial charge in [0.05, 0.1) is 13.2 Å². The van der Waals surface area contributed by atoms with Crippen LogP contribution in [0.3, 0.4) is 0 Å². The van der Waals surface area contributed by atoms with Crippen LogP contribution in [0.4, 0.5) is 0 Å². The highest BCUT2D eigenvalue weighted by atomic mass is 16.5. The first kappa shape index (κ1) is 14.1. The Morgan fingerprint density at radius 1 is 1.20 bits per heavy atom. The molecule has 1 amide bonds. The van der Waals surface area contributed by atoms with Crippen molar-refractivity contribution in [1.82, 2.24) is 5.32 Å². The molecule has 0 spiro atoms. The average Bonchev–Trinajstić information content (AvgIpc) is 2.53. The van der Waals surface area contributed by atoms with Crippen molar-refractivity contribution >= 4 is 5.91 Å². The third-order valence-corrected chi connectivity index (χ3v) is 3.07. The van der Waals surface area contributed by atoms with Crippen LogP contribution in [-0.4, -0.2) is 19.6 Å². The van der Waals surface area contributed by atoms with Gasteiger partial charge in [-0.2, -0.15) is 0 Å². The van der Waals surface area contributed by atoms with Gasteiger partial charge in [0.1, 0.15) is 5.75 Å². The van der Waals surface area contributed by atoms with Gasteiger partial charge < -0.3 is 15.8 Å². The smallest absolute Gasteiger partial charge is 0.251 e. The van der Waals surface area contributed by atoms with E-state index in [-0.39, 0.29) is 11.9 Å². The lowest BCUT2D eigenvalue weighted by atomic mass is 10.1. The molecule has 1 atom stereocenters. The lowest BCUT2D eigenvalue weighted by molar-refractivity contribution is 0.0937. The molecule has 0 aliphatic heterocycles.